The molecule has 0 aromatic heterocycles. The lowest BCUT2D eigenvalue weighted by atomic mass is 10.2. The van der Waals surface area contributed by atoms with Crippen LogP contribution in [-0.4, -0.2) is 0 Å². The molecule has 0 fully saturated rings. The van der Waals surface area contributed by atoms with Gasteiger partial charge >= 0.3 is 0 Å². The molecule has 21 heavy (non-hydrogen) atoms. The number of hydrogen-bond donors (Lipinski definition) is 1. The van der Waals surface area contributed by atoms with Gasteiger partial charge in [-0.15, -0.1) is 0 Å². The van der Waals surface area contributed by atoms with Crippen LogP contribution in [-0.2, 0) is 0 Å². The lowest BCUT2D eigenvalue weighted by Gasteiger charge is -2.12. The summed E-state index contributed by atoms with van der Waals surface area (Å²) in [5.41, 5.74) is 6.62. The predicted octanol–water partition coefficient (Wildman–Crippen LogP) is 4.31. The van der Waals surface area contributed by atoms with E-state index in [4.69, 9.17) is 21.0 Å². The third-order valence-corrected chi connectivity index (χ3v) is 4.16. The molecule has 7 heteroatoms. The average Bonchev–Trinajstić information content (AvgIpc) is 2.47. The van der Waals surface area contributed by atoms with Gasteiger partial charge in [-0.25, -0.2) is 4.39 Å². The number of benzene rings is 2. The van der Waals surface area contributed by atoms with Crippen LogP contribution in [0.1, 0.15) is 11.1 Å². The van der Waals surface area contributed by atoms with E-state index in [1.165, 1.54) is 18.2 Å². The maximum absolute atomic E-state index is 14.1. The monoisotopic (exact) mass is 457 g/mol. The van der Waals surface area contributed by atoms with Crippen molar-refractivity contribution in [2.45, 2.75) is 0 Å². The minimum Gasteiger partial charge on any atom is -0.451 e. The first-order valence-electron chi connectivity index (χ1n) is 5.53. The predicted molar refractivity (Wildman–Crippen MR) is 87.2 cm³/mol. The highest BCUT2D eigenvalue weighted by Gasteiger charge is 2.16. The Balaban J connectivity index is 2.47. The lowest BCUT2D eigenvalue weighted by Crippen LogP contribution is -1.98. The Bertz CT molecular complexity index is 788. The zero-order valence-corrected chi connectivity index (χ0v) is 14.1. The van der Waals surface area contributed by atoms with E-state index in [0.717, 1.165) is 0 Å². The summed E-state index contributed by atoms with van der Waals surface area (Å²) < 4.78 is 20.2. The van der Waals surface area contributed by atoms with Gasteiger partial charge in [0.2, 0.25) is 0 Å². The number of halogens is 3. The van der Waals surface area contributed by atoms with E-state index in [1.807, 2.05) is 34.7 Å². The summed E-state index contributed by atoms with van der Waals surface area (Å²) in [5, 5.41) is 17.7. The molecule has 0 spiro atoms. The molecule has 0 unspecified atom stereocenters. The van der Waals surface area contributed by atoms with Crippen molar-refractivity contribution in [1.82, 2.24) is 0 Å². The van der Waals surface area contributed by atoms with Crippen LogP contribution >= 0.6 is 38.5 Å². The standard InChI is InChI=1S/C14H6BrFIN3O/c15-12-8(6-19)1-2-11(13(12)16)21-14-9(17)3-7(5-18)4-10(14)20/h1-4H,20H2. The second-order valence-electron chi connectivity index (χ2n) is 3.94. The number of rotatable bonds is 2. The van der Waals surface area contributed by atoms with Gasteiger partial charge in [0.15, 0.2) is 17.3 Å². The Labute approximate surface area is 142 Å². The number of nitrogens with zero attached hydrogens (tertiary/aromatic N) is 2. The molecule has 0 heterocycles. The molecule has 2 aromatic rings. The van der Waals surface area contributed by atoms with E-state index in [1.54, 1.807) is 6.07 Å². The highest BCUT2D eigenvalue weighted by atomic mass is 127. The van der Waals surface area contributed by atoms with E-state index >= 15 is 0 Å². The Kier molecular flexibility index (Phi) is 4.66. The largest absolute Gasteiger partial charge is 0.451 e. The van der Waals surface area contributed by atoms with Crippen LogP contribution in [0.4, 0.5) is 10.1 Å². The second-order valence-corrected chi connectivity index (χ2v) is 5.90. The van der Waals surface area contributed by atoms with Crippen LogP contribution in [0, 0.1) is 32.0 Å². The molecule has 2 aromatic carbocycles. The molecule has 0 bridgehead atoms. The van der Waals surface area contributed by atoms with Crippen molar-refractivity contribution in [2.75, 3.05) is 5.73 Å². The molecule has 2 N–H and O–H groups in total. The van der Waals surface area contributed by atoms with Gasteiger partial charge in [0, 0.05) is 0 Å². The molecule has 0 atom stereocenters. The summed E-state index contributed by atoms with van der Waals surface area (Å²) in [6.07, 6.45) is 0. The maximum Gasteiger partial charge on any atom is 0.181 e. The number of anilines is 1. The van der Waals surface area contributed by atoms with Crippen LogP contribution in [0.25, 0.3) is 0 Å². The molecule has 0 aliphatic rings. The molecule has 0 saturated heterocycles. The molecule has 104 valence electrons. The van der Waals surface area contributed by atoms with Crippen molar-refractivity contribution in [1.29, 1.82) is 10.5 Å². The van der Waals surface area contributed by atoms with Crippen LogP contribution < -0.4 is 10.5 Å². The summed E-state index contributed by atoms with van der Waals surface area (Å²) in [4.78, 5) is 0. The summed E-state index contributed by atoms with van der Waals surface area (Å²) >= 11 is 4.96. The number of hydrogen-bond acceptors (Lipinski definition) is 4. The Hall–Kier alpha value is -1.84. The molecule has 2 rings (SSSR count). The van der Waals surface area contributed by atoms with Crippen molar-refractivity contribution in [3.05, 3.63) is 49.3 Å². The number of nitrogens with two attached hydrogens (primary N) is 1. The first-order valence-corrected chi connectivity index (χ1v) is 7.40. The molecule has 0 aliphatic heterocycles. The summed E-state index contributed by atoms with van der Waals surface area (Å²) in [5.74, 6) is -0.478. The van der Waals surface area contributed by atoms with Gasteiger partial charge in [-0.3, -0.25) is 0 Å². The summed E-state index contributed by atoms with van der Waals surface area (Å²) in [7, 11) is 0. The first kappa shape index (κ1) is 15.5. The van der Waals surface area contributed by atoms with Crippen LogP contribution in [0.2, 0.25) is 0 Å². The highest BCUT2D eigenvalue weighted by molar-refractivity contribution is 14.1. The third kappa shape index (κ3) is 3.09. The van der Waals surface area contributed by atoms with Crippen molar-refractivity contribution >= 4 is 44.2 Å². The minimum absolute atomic E-state index is 0.0322. The van der Waals surface area contributed by atoms with E-state index in [-0.39, 0.29) is 27.2 Å². The van der Waals surface area contributed by atoms with Crippen molar-refractivity contribution in [3.8, 4) is 23.6 Å². The van der Waals surface area contributed by atoms with Crippen LogP contribution in [0.3, 0.4) is 0 Å². The van der Waals surface area contributed by atoms with Crippen LogP contribution in [0.15, 0.2) is 28.7 Å². The molecular formula is C14H6BrFIN3O. The molecule has 0 aliphatic carbocycles. The average molecular weight is 458 g/mol. The zero-order valence-electron chi connectivity index (χ0n) is 10.3. The zero-order chi connectivity index (χ0) is 15.6. The maximum atomic E-state index is 14.1. The second kappa shape index (κ2) is 6.29. The molecule has 4 nitrogen and oxygen atoms in total. The smallest absolute Gasteiger partial charge is 0.181 e. The van der Waals surface area contributed by atoms with Crippen molar-refractivity contribution in [2.24, 2.45) is 0 Å². The fraction of sp³-hybridized carbons (Fsp3) is 0. The van der Waals surface area contributed by atoms with Crippen molar-refractivity contribution in [3.63, 3.8) is 0 Å². The van der Waals surface area contributed by atoms with E-state index in [9.17, 15) is 4.39 Å². The van der Waals surface area contributed by atoms with E-state index in [0.29, 0.717) is 9.13 Å². The van der Waals surface area contributed by atoms with Crippen LogP contribution in [0.5, 0.6) is 11.5 Å². The SMILES string of the molecule is N#Cc1cc(N)c(Oc2ccc(C#N)c(Br)c2F)c(I)c1. The van der Waals surface area contributed by atoms with Gasteiger partial charge in [0.25, 0.3) is 0 Å². The number of nitriles is 2. The van der Waals surface area contributed by atoms with Gasteiger partial charge in [-0.1, -0.05) is 0 Å². The van der Waals surface area contributed by atoms with Gasteiger partial charge in [-0.2, -0.15) is 10.5 Å². The Morgan fingerprint density at radius 1 is 1.24 bits per heavy atom. The van der Waals surface area contributed by atoms with Gasteiger partial charge in [-0.05, 0) is 62.8 Å². The topological polar surface area (TPSA) is 82.8 Å². The number of nitrogen functional groups attached to an aromatic ring is 1. The fourth-order valence-electron chi connectivity index (χ4n) is 1.59. The fourth-order valence-corrected chi connectivity index (χ4v) is 2.77. The number of ether oxygens (including phenoxy) is 1. The third-order valence-electron chi connectivity index (χ3n) is 2.58. The van der Waals surface area contributed by atoms with Crippen molar-refractivity contribution < 1.29 is 9.13 Å². The Morgan fingerprint density at radius 3 is 2.52 bits per heavy atom. The molecular weight excluding hydrogens is 452 g/mol. The first-order chi connectivity index (χ1) is 9.97. The molecule has 0 radical (unpaired) electrons. The highest BCUT2D eigenvalue weighted by Crippen LogP contribution is 2.37. The normalized spacial score (nSPS) is 9.76. The Morgan fingerprint density at radius 2 is 1.95 bits per heavy atom. The summed E-state index contributed by atoms with van der Waals surface area (Å²) in [6, 6.07) is 9.67. The minimum atomic E-state index is -0.686. The van der Waals surface area contributed by atoms with Gasteiger partial charge in [0.05, 0.1) is 30.9 Å². The van der Waals surface area contributed by atoms with Gasteiger partial charge in [0.1, 0.15) is 6.07 Å². The van der Waals surface area contributed by atoms with E-state index < -0.39 is 5.82 Å². The summed E-state index contributed by atoms with van der Waals surface area (Å²) in [6.45, 7) is 0. The lowest BCUT2D eigenvalue weighted by molar-refractivity contribution is 0.439. The molecule has 0 amide bonds. The quantitative estimate of drug-likeness (QED) is 0.538. The van der Waals surface area contributed by atoms with Gasteiger partial charge < -0.3 is 10.5 Å². The molecule has 0 saturated carbocycles. The van der Waals surface area contributed by atoms with E-state index in [2.05, 4.69) is 15.9 Å².